The van der Waals surface area contributed by atoms with Crippen LogP contribution in [0.5, 0.6) is 0 Å². The molecular weight excluding hydrogens is 230 g/mol. The summed E-state index contributed by atoms with van der Waals surface area (Å²) in [6.45, 7) is 5.87. The Bertz CT molecular complexity index is 455. The molecule has 0 atom stereocenters. The number of amides is 1. The predicted molar refractivity (Wildman–Crippen MR) is 66.8 cm³/mol. The van der Waals surface area contributed by atoms with Gasteiger partial charge in [0, 0.05) is 19.3 Å². The van der Waals surface area contributed by atoms with E-state index in [1.54, 1.807) is 19.9 Å². The summed E-state index contributed by atoms with van der Waals surface area (Å²) < 4.78 is 0. The molecule has 0 spiro atoms. The van der Waals surface area contributed by atoms with Crippen LogP contribution < -0.4 is 0 Å². The Hall–Kier alpha value is -1.93. The van der Waals surface area contributed by atoms with Gasteiger partial charge in [-0.05, 0) is 32.9 Å². The van der Waals surface area contributed by atoms with E-state index in [2.05, 4.69) is 4.98 Å². The number of aromatic nitrogens is 1. The van der Waals surface area contributed by atoms with Crippen molar-refractivity contribution in [1.29, 1.82) is 5.26 Å². The Morgan fingerprint density at radius 3 is 2.61 bits per heavy atom. The predicted octanol–water partition coefficient (Wildman–Crippen LogP) is 1.19. The maximum atomic E-state index is 12.1. The van der Waals surface area contributed by atoms with Gasteiger partial charge in [0.1, 0.15) is 11.8 Å². The molecule has 0 aliphatic rings. The molecule has 1 aromatic heterocycles. The van der Waals surface area contributed by atoms with Crippen LogP contribution in [-0.4, -0.2) is 39.6 Å². The zero-order valence-electron chi connectivity index (χ0n) is 10.8. The Kier molecular flexibility index (Phi) is 4.40. The molecular formula is C13H17N3O2. The first-order valence-corrected chi connectivity index (χ1v) is 5.75. The van der Waals surface area contributed by atoms with E-state index in [0.29, 0.717) is 12.1 Å². The highest BCUT2D eigenvalue weighted by Gasteiger charge is 2.22. The molecule has 0 saturated carbocycles. The van der Waals surface area contributed by atoms with Gasteiger partial charge in [-0.25, -0.2) is 4.98 Å². The molecule has 0 aromatic carbocycles. The van der Waals surface area contributed by atoms with Crippen molar-refractivity contribution < 1.29 is 9.90 Å². The summed E-state index contributed by atoms with van der Waals surface area (Å²) in [5, 5.41) is 18.4. The normalized spacial score (nSPS) is 10.8. The highest BCUT2D eigenvalue weighted by atomic mass is 16.3. The zero-order chi connectivity index (χ0) is 13.8. The van der Waals surface area contributed by atoms with Crippen LogP contribution in [0.1, 0.15) is 36.8 Å². The van der Waals surface area contributed by atoms with Crippen LogP contribution in [0.15, 0.2) is 18.3 Å². The van der Waals surface area contributed by atoms with Crippen LogP contribution >= 0.6 is 0 Å². The molecule has 0 fully saturated rings. The molecule has 1 rings (SSSR count). The average molecular weight is 247 g/mol. The molecule has 0 saturated heterocycles. The number of carbonyl (C=O) groups excluding carboxylic acids is 1. The van der Waals surface area contributed by atoms with E-state index in [1.165, 1.54) is 17.2 Å². The van der Waals surface area contributed by atoms with Crippen LogP contribution in [0, 0.1) is 11.3 Å². The van der Waals surface area contributed by atoms with Gasteiger partial charge in [0.15, 0.2) is 0 Å². The van der Waals surface area contributed by atoms with Crippen molar-refractivity contribution in [3.63, 3.8) is 0 Å². The summed E-state index contributed by atoms with van der Waals surface area (Å²) in [7, 11) is 0. The number of hydrogen-bond acceptors (Lipinski definition) is 4. The van der Waals surface area contributed by atoms with E-state index < -0.39 is 5.60 Å². The van der Waals surface area contributed by atoms with E-state index in [9.17, 15) is 9.90 Å². The molecule has 1 heterocycles. The lowest BCUT2D eigenvalue weighted by Crippen LogP contribution is -2.42. The number of hydrogen-bond donors (Lipinski definition) is 1. The van der Waals surface area contributed by atoms with Crippen LogP contribution in [-0.2, 0) is 0 Å². The highest BCUT2D eigenvalue weighted by Crippen LogP contribution is 2.09. The van der Waals surface area contributed by atoms with Crippen molar-refractivity contribution in [2.45, 2.75) is 26.4 Å². The zero-order valence-corrected chi connectivity index (χ0v) is 10.8. The summed E-state index contributed by atoms with van der Waals surface area (Å²) >= 11 is 0. The topological polar surface area (TPSA) is 77.2 Å². The van der Waals surface area contributed by atoms with Crippen LogP contribution in [0.4, 0.5) is 0 Å². The fourth-order valence-corrected chi connectivity index (χ4v) is 1.54. The molecule has 0 aliphatic carbocycles. The van der Waals surface area contributed by atoms with E-state index in [1.807, 2.05) is 13.0 Å². The smallest absolute Gasteiger partial charge is 0.272 e. The van der Waals surface area contributed by atoms with Gasteiger partial charge in [-0.1, -0.05) is 0 Å². The van der Waals surface area contributed by atoms with Crippen LogP contribution in [0.3, 0.4) is 0 Å². The number of nitrogens with zero attached hydrogens (tertiary/aromatic N) is 3. The molecule has 0 aliphatic heterocycles. The van der Waals surface area contributed by atoms with Gasteiger partial charge in [0.25, 0.3) is 5.91 Å². The van der Waals surface area contributed by atoms with Crippen molar-refractivity contribution in [2.24, 2.45) is 0 Å². The maximum absolute atomic E-state index is 12.1. The number of aliphatic hydroxyl groups is 1. The van der Waals surface area contributed by atoms with Crippen molar-refractivity contribution >= 4 is 5.91 Å². The fourth-order valence-electron chi connectivity index (χ4n) is 1.54. The molecule has 5 nitrogen and oxygen atoms in total. The highest BCUT2D eigenvalue weighted by molar-refractivity contribution is 5.92. The number of likely N-dealkylation sites (N-methyl/N-ethyl adjacent to an activating group) is 1. The fraction of sp³-hybridized carbons (Fsp3) is 0.462. The summed E-state index contributed by atoms with van der Waals surface area (Å²) in [6.07, 6.45) is 1.37. The Labute approximate surface area is 107 Å². The van der Waals surface area contributed by atoms with Gasteiger partial charge in [-0.2, -0.15) is 5.26 Å². The number of carbonyl (C=O) groups is 1. The Morgan fingerprint density at radius 1 is 1.56 bits per heavy atom. The molecule has 1 amide bonds. The van der Waals surface area contributed by atoms with E-state index in [0.717, 1.165) is 0 Å². The molecule has 0 radical (unpaired) electrons. The molecule has 0 unspecified atom stereocenters. The van der Waals surface area contributed by atoms with E-state index in [-0.39, 0.29) is 18.1 Å². The molecule has 96 valence electrons. The molecule has 18 heavy (non-hydrogen) atoms. The average Bonchev–Trinajstić information content (AvgIpc) is 2.34. The monoisotopic (exact) mass is 247 g/mol. The van der Waals surface area contributed by atoms with Gasteiger partial charge in [0.05, 0.1) is 11.2 Å². The first kappa shape index (κ1) is 14.1. The minimum atomic E-state index is -0.946. The Morgan fingerprint density at radius 2 is 2.22 bits per heavy atom. The number of pyridine rings is 1. The summed E-state index contributed by atoms with van der Waals surface area (Å²) in [5.41, 5.74) is -0.254. The largest absolute Gasteiger partial charge is 0.389 e. The summed E-state index contributed by atoms with van der Waals surface area (Å²) in [4.78, 5) is 17.6. The minimum Gasteiger partial charge on any atom is -0.389 e. The molecule has 1 aromatic rings. The molecule has 1 N–H and O–H groups in total. The molecule has 0 bridgehead atoms. The van der Waals surface area contributed by atoms with E-state index in [4.69, 9.17) is 5.26 Å². The van der Waals surface area contributed by atoms with Crippen LogP contribution in [0.2, 0.25) is 0 Å². The third kappa shape index (κ3) is 3.82. The van der Waals surface area contributed by atoms with Crippen molar-refractivity contribution in [2.75, 3.05) is 13.1 Å². The van der Waals surface area contributed by atoms with Gasteiger partial charge < -0.3 is 10.0 Å². The first-order chi connectivity index (χ1) is 8.37. The van der Waals surface area contributed by atoms with Gasteiger partial charge in [-0.15, -0.1) is 0 Å². The lowest BCUT2D eigenvalue weighted by Gasteiger charge is -2.27. The first-order valence-electron chi connectivity index (χ1n) is 5.75. The SMILES string of the molecule is CCN(CC(C)(C)O)C(=O)c1ccc(C#N)cn1. The minimum absolute atomic E-state index is 0.240. The summed E-state index contributed by atoms with van der Waals surface area (Å²) in [6, 6.07) is 5.02. The lowest BCUT2D eigenvalue weighted by atomic mass is 10.1. The van der Waals surface area contributed by atoms with Gasteiger partial charge >= 0.3 is 0 Å². The Balaban J connectivity index is 2.87. The number of rotatable bonds is 4. The van der Waals surface area contributed by atoms with Crippen LogP contribution in [0.25, 0.3) is 0 Å². The van der Waals surface area contributed by atoms with Gasteiger partial charge in [-0.3, -0.25) is 4.79 Å². The van der Waals surface area contributed by atoms with Gasteiger partial charge in [0.2, 0.25) is 0 Å². The second-order valence-corrected chi connectivity index (χ2v) is 4.68. The third-order valence-electron chi connectivity index (χ3n) is 2.36. The van der Waals surface area contributed by atoms with Crippen molar-refractivity contribution in [3.05, 3.63) is 29.6 Å². The second kappa shape index (κ2) is 5.61. The maximum Gasteiger partial charge on any atom is 0.272 e. The third-order valence-corrected chi connectivity index (χ3v) is 2.36. The molecule has 5 heteroatoms. The lowest BCUT2D eigenvalue weighted by molar-refractivity contribution is 0.0311. The van der Waals surface area contributed by atoms with E-state index >= 15 is 0 Å². The number of nitriles is 1. The quantitative estimate of drug-likeness (QED) is 0.866. The standard InChI is InChI=1S/C13H17N3O2/c1-4-16(9-13(2,3)18)12(17)11-6-5-10(7-14)8-15-11/h5-6,8,18H,4,9H2,1-3H3. The second-order valence-electron chi connectivity index (χ2n) is 4.68. The van der Waals surface area contributed by atoms with Crippen molar-refractivity contribution in [1.82, 2.24) is 9.88 Å². The van der Waals surface area contributed by atoms with Crippen molar-refractivity contribution in [3.8, 4) is 6.07 Å². The summed E-state index contributed by atoms with van der Waals surface area (Å²) in [5.74, 6) is -0.246.